The van der Waals surface area contributed by atoms with Crippen LogP contribution in [0.25, 0.3) is 0 Å². The van der Waals surface area contributed by atoms with Gasteiger partial charge in [-0.1, -0.05) is 12.1 Å². The summed E-state index contributed by atoms with van der Waals surface area (Å²) in [5.74, 6) is 0.704. The van der Waals surface area contributed by atoms with Crippen molar-refractivity contribution in [3.63, 3.8) is 0 Å². The van der Waals surface area contributed by atoms with Crippen LogP contribution in [-0.2, 0) is 11.3 Å². The van der Waals surface area contributed by atoms with Gasteiger partial charge in [0.1, 0.15) is 5.60 Å². The van der Waals surface area contributed by atoms with E-state index in [4.69, 9.17) is 4.74 Å². The van der Waals surface area contributed by atoms with Gasteiger partial charge in [0, 0.05) is 31.4 Å². The predicted molar refractivity (Wildman–Crippen MR) is 139 cm³/mol. The predicted octanol–water partition coefficient (Wildman–Crippen LogP) is 3.51. The topological polar surface area (TPSA) is 107 Å². The van der Waals surface area contributed by atoms with Gasteiger partial charge in [0.2, 0.25) is 0 Å². The Labute approximate surface area is 208 Å². The molecule has 0 saturated carbocycles. The highest BCUT2D eigenvalue weighted by molar-refractivity contribution is 14.0. The summed E-state index contributed by atoms with van der Waals surface area (Å²) in [6, 6.07) is 7.58. The zero-order valence-electron chi connectivity index (χ0n) is 19.8. The smallest absolute Gasteiger partial charge is 0.410 e. The van der Waals surface area contributed by atoms with Gasteiger partial charge in [0.25, 0.3) is 0 Å². The maximum atomic E-state index is 12.1. The summed E-state index contributed by atoms with van der Waals surface area (Å²) in [5, 5.41) is 12.2. The molecule has 0 atom stereocenters. The summed E-state index contributed by atoms with van der Waals surface area (Å²) in [6.45, 7) is 13.8. The Morgan fingerprint density at radius 2 is 1.81 bits per heavy atom. The van der Waals surface area contributed by atoms with Crippen LogP contribution in [-0.4, -0.2) is 60.3 Å². The van der Waals surface area contributed by atoms with E-state index in [1.54, 1.807) is 4.90 Å². The SMILES string of the molecule is CCNC(=NCc1ccc(NC(=O)NC(C)C)cc1)NC1CN(C(=O)OC(C)(C)C)C1.I. The van der Waals surface area contributed by atoms with Gasteiger partial charge in [0.15, 0.2) is 5.96 Å². The lowest BCUT2D eigenvalue weighted by molar-refractivity contribution is 0.00700. The quantitative estimate of drug-likeness (QED) is 0.242. The van der Waals surface area contributed by atoms with E-state index in [2.05, 4.69) is 26.3 Å². The van der Waals surface area contributed by atoms with Gasteiger partial charge in [-0.2, -0.15) is 0 Å². The van der Waals surface area contributed by atoms with Crippen molar-refractivity contribution < 1.29 is 14.3 Å². The maximum absolute atomic E-state index is 12.1. The molecule has 1 fully saturated rings. The van der Waals surface area contributed by atoms with E-state index >= 15 is 0 Å². The molecule has 1 heterocycles. The van der Waals surface area contributed by atoms with E-state index in [1.165, 1.54) is 0 Å². The minimum Gasteiger partial charge on any atom is -0.444 e. The number of halogens is 1. The number of carbonyl (C=O) groups excluding carboxylic acids is 2. The van der Waals surface area contributed by atoms with Gasteiger partial charge in [-0.15, -0.1) is 24.0 Å². The number of ether oxygens (including phenoxy) is 1. The van der Waals surface area contributed by atoms with Crippen molar-refractivity contribution >= 4 is 47.7 Å². The number of likely N-dealkylation sites (tertiary alicyclic amines) is 1. The Morgan fingerprint density at radius 3 is 2.34 bits per heavy atom. The Bertz CT molecular complexity index is 771. The van der Waals surface area contributed by atoms with Gasteiger partial charge >= 0.3 is 12.1 Å². The molecular weight excluding hydrogens is 523 g/mol. The van der Waals surface area contributed by atoms with Crippen LogP contribution in [0.15, 0.2) is 29.3 Å². The van der Waals surface area contributed by atoms with Crippen molar-refractivity contribution in [3.05, 3.63) is 29.8 Å². The van der Waals surface area contributed by atoms with Gasteiger partial charge in [-0.05, 0) is 59.2 Å². The lowest BCUT2D eigenvalue weighted by Crippen LogP contribution is -2.63. The Hall–Kier alpha value is -2.24. The Balaban J connectivity index is 0.00000512. The fourth-order valence-electron chi connectivity index (χ4n) is 2.85. The number of nitrogens with zero attached hydrogens (tertiary/aromatic N) is 2. The molecule has 0 unspecified atom stereocenters. The fourth-order valence-corrected chi connectivity index (χ4v) is 2.85. The normalized spacial score (nSPS) is 14.2. The van der Waals surface area contributed by atoms with E-state index in [1.807, 2.05) is 65.8 Å². The molecule has 0 aromatic heterocycles. The fraction of sp³-hybridized carbons (Fsp3) is 0.591. The first-order valence-electron chi connectivity index (χ1n) is 10.7. The number of amides is 3. The van der Waals surface area contributed by atoms with Crippen molar-refractivity contribution in [1.82, 2.24) is 20.9 Å². The van der Waals surface area contributed by atoms with E-state index in [0.717, 1.165) is 17.8 Å². The van der Waals surface area contributed by atoms with E-state index in [9.17, 15) is 9.59 Å². The van der Waals surface area contributed by atoms with Crippen LogP contribution in [0, 0.1) is 0 Å². The molecule has 0 bridgehead atoms. The summed E-state index contributed by atoms with van der Waals surface area (Å²) in [5.41, 5.74) is 1.26. The molecule has 2 rings (SSSR count). The second-order valence-electron chi connectivity index (χ2n) is 8.87. The van der Waals surface area contributed by atoms with Gasteiger partial charge in [0.05, 0.1) is 12.6 Å². The molecule has 1 aromatic rings. The summed E-state index contributed by atoms with van der Waals surface area (Å²) >= 11 is 0. The van der Waals surface area contributed by atoms with Crippen molar-refractivity contribution in [2.75, 3.05) is 25.0 Å². The van der Waals surface area contributed by atoms with E-state index in [0.29, 0.717) is 25.6 Å². The van der Waals surface area contributed by atoms with Crippen LogP contribution in [0.3, 0.4) is 0 Å². The zero-order valence-corrected chi connectivity index (χ0v) is 22.2. The first-order valence-corrected chi connectivity index (χ1v) is 10.7. The number of urea groups is 1. The number of guanidine groups is 1. The van der Waals surface area contributed by atoms with Crippen LogP contribution in [0.4, 0.5) is 15.3 Å². The average molecular weight is 560 g/mol. The summed E-state index contributed by atoms with van der Waals surface area (Å²) in [4.78, 5) is 30.1. The highest BCUT2D eigenvalue weighted by atomic mass is 127. The van der Waals surface area contributed by atoms with Crippen LogP contribution in [0.2, 0.25) is 0 Å². The average Bonchev–Trinajstić information content (AvgIpc) is 2.61. The third-order valence-electron chi connectivity index (χ3n) is 4.27. The van der Waals surface area contributed by atoms with Gasteiger partial charge in [-0.3, -0.25) is 0 Å². The molecule has 1 aliphatic rings. The van der Waals surface area contributed by atoms with E-state index in [-0.39, 0.29) is 48.2 Å². The summed E-state index contributed by atoms with van der Waals surface area (Å²) in [7, 11) is 0. The number of rotatable bonds is 6. The van der Waals surface area contributed by atoms with Gasteiger partial charge in [-0.25, -0.2) is 14.6 Å². The molecule has 32 heavy (non-hydrogen) atoms. The molecule has 4 N–H and O–H groups in total. The van der Waals surface area contributed by atoms with E-state index < -0.39 is 5.60 Å². The van der Waals surface area contributed by atoms with Crippen LogP contribution >= 0.6 is 24.0 Å². The molecule has 3 amide bonds. The number of nitrogens with one attached hydrogen (secondary N) is 4. The third-order valence-corrected chi connectivity index (χ3v) is 4.27. The molecule has 1 aliphatic heterocycles. The zero-order chi connectivity index (χ0) is 23.0. The molecular formula is C22H37IN6O3. The summed E-state index contributed by atoms with van der Waals surface area (Å²) < 4.78 is 5.38. The lowest BCUT2D eigenvalue weighted by Gasteiger charge is -2.40. The molecule has 0 radical (unpaired) electrons. The second-order valence-corrected chi connectivity index (χ2v) is 8.87. The molecule has 0 aliphatic carbocycles. The maximum Gasteiger partial charge on any atom is 0.410 e. The first-order chi connectivity index (χ1) is 14.6. The van der Waals surface area contributed by atoms with Crippen LogP contribution in [0.1, 0.15) is 47.1 Å². The number of benzene rings is 1. The largest absolute Gasteiger partial charge is 0.444 e. The minimum atomic E-state index is -0.491. The molecule has 180 valence electrons. The van der Waals surface area contributed by atoms with Crippen molar-refractivity contribution in [2.24, 2.45) is 4.99 Å². The molecule has 0 spiro atoms. The lowest BCUT2D eigenvalue weighted by atomic mass is 10.1. The van der Waals surface area contributed by atoms with Crippen molar-refractivity contribution in [3.8, 4) is 0 Å². The second kappa shape index (κ2) is 12.7. The van der Waals surface area contributed by atoms with Crippen molar-refractivity contribution in [2.45, 2.75) is 65.8 Å². The Morgan fingerprint density at radius 1 is 1.19 bits per heavy atom. The minimum absolute atomic E-state index is 0. The summed E-state index contributed by atoms with van der Waals surface area (Å²) in [6.07, 6.45) is -0.289. The van der Waals surface area contributed by atoms with Crippen molar-refractivity contribution in [1.29, 1.82) is 0 Å². The number of aliphatic imine (C=N–C) groups is 1. The molecule has 10 heteroatoms. The Kier molecular flexibility index (Phi) is 11.0. The van der Waals surface area contributed by atoms with Gasteiger partial charge < -0.3 is 30.9 Å². The highest BCUT2D eigenvalue weighted by Crippen LogP contribution is 2.15. The van der Waals surface area contributed by atoms with Crippen LogP contribution < -0.4 is 21.3 Å². The number of hydrogen-bond acceptors (Lipinski definition) is 4. The number of carbonyl (C=O) groups is 2. The molecule has 1 aromatic carbocycles. The molecule has 1 saturated heterocycles. The highest BCUT2D eigenvalue weighted by Gasteiger charge is 2.34. The standard InChI is InChI=1S/C22H36N6O3.HI/c1-7-23-19(26-18-13-28(14-18)21(30)31-22(4,5)6)24-12-16-8-10-17(11-9-16)27-20(29)25-15(2)3;/h8-11,15,18H,7,12-14H2,1-6H3,(H2,23,24,26)(H2,25,27,29);1H. The third kappa shape index (κ3) is 9.92. The van der Waals surface area contributed by atoms with Crippen LogP contribution in [0.5, 0.6) is 0 Å². The molecule has 9 nitrogen and oxygen atoms in total. The number of anilines is 1. The number of hydrogen-bond donors (Lipinski definition) is 4. The first kappa shape index (κ1) is 27.8. The monoisotopic (exact) mass is 560 g/mol.